The van der Waals surface area contributed by atoms with Crippen LogP contribution in [0.4, 0.5) is 0 Å². The highest BCUT2D eigenvalue weighted by molar-refractivity contribution is 7.95. The average molecular weight is 1180 g/mol. The summed E-state index contributed by atoms with van der Waals surface area (Å²) in [5.74, 6) is -3.33. The summed E-state index contributed by atoms with van der Waals surface area (Å²) in [4.78, 5) is 35.4. The topological polar surface area (TPSA) is 200 Å². The van der Waals surface area contributed by atoms with E-state index in [1.165, 1.54) is 35.5 Å². The van der Waals surface area contributed by atoms with Gasteiger partial charge in [-0.25, -0.2) is 0 Å². The van der Waals surface area contributed by atoms with Gasteiger partial charge in [-0.2, -0.15) is 0 Å². The monoisotopic (exact) mass is 1180 g/mol. The fourth-order valence-electron chi connectivity index (χ4n) is 13.7. The minimum absolute atomic E-state index is 0.0598. The number of carbonyl (C=O) groups is 2. The van der Waals surface area contributed by atoms with Crippen molar-refractivity contribution in [3.8, 4) is 0 Å². The summed E-state index contributed by atoms with van der Waals surface area (Å²) >= 11 is 0. The Morgan fingerprint density at radius 1 is 0.771 bits per heavy atom. The molecular formula is C66H105N3O13P+. The van der Waals surface area contributed by atoms with E-state index in [1.54, 1.807) is 53.4 Å². The lowest BCUT2D eigenvalue weighted by Crippen LogP contribution is -2.60. The molecule has 466 valence electrons. The van der Waals surface area contributed by atoms with Crippen LogP contribution in [0.15, 0.2) is 84.9 Å². The molecule has 3 fully saturated rings. The Labute approximate surface area is 497 Å². The standard InChI is InChI=1S/C66H105N3O13P/c1-16-54-66(10,76)59(72)47(6)69(55(70)36-26-18-17-19-29-37-83(50-31-22-20-23-32-50,51-33-24-21-25-34-51)53-35-28-27-30-49(53)42-67(11)12)41-43(2)39-64(8,75)61(82-63-57(71)52(68(13)14)38-44(3)78-63)45(4)58(46(5)62(74)80-54)81-56-40-65(9,77-15)60(73)48(7)79-56/h20-25,27-28,30-35,43-48,52,54,56-61,63,71-73,75-76H,16-19,26,29,36-42H2,1-15H3/q+1/t43-,44-,45+,46-,47-,48+,52+,54-,56+,57-,58+,59-,60+,61-,63+,64-,65-,66-/m1/s1. The number of aliphatic hydroxyl groups is 5. The molecule has 0 aromatic heterocycles. The van der Waals surface area contributed by atoms with Gasteiger partial charge < -0.3 is 68.7 Å². The molecule has 0 aliphatic carbocycles. The van der Waals surface area contributed by atoms with Crippen LogP contribution in [0.3, 0.4) is 0 Å². The lowest BCUT2D eigenvalue weighted by molar-refractivity contribution is -0.318. The van der Waals surface area contributed by atoms with Crippen LogP contribution in [-0.2, 0) is 44.6 Å². The van der Waals surface area contributed by atoms with Crippen LogP contribution in [0.1, 0.15) is 139 Å². The van der Waals surface area contributed by atoms with Crippen molar-refractivity contribution in [2.75, 3.05) is 48.0 Å². The smallest absolute Gasteiger partial charge is 0.311 e. The van der Waals surface area contributed by atoms with Crippen LogP contribution in [0.5, 0.6) is 0 Å². The van der Waals surface area contributed by atoms with Crippen LogP contribution in [0.2, 0.25) is 0 Å². The van der Waals surface area contributed by atoms with Crippen molar-refractivity contribution in [2.24, 2.45) is 17.8 Å². The largest absolute Gasteiger partial charge is 0.459 e. The molecule has 6 rings (SSSR count). The van der Waals surface area contributed by atoms with Gasteiger partial charge in [0, 0.05) is 50.6 Å². The molecule has 83 heavy (non-hydrogen) atoms. The molecule has 3 aromatic rings. The zero-order valence-electron chi connectivity index (χ0n) is 52.7. The fraction of sp³-hybridized carbons (Fsp3) is 0.697. The number of hydrogen-bond donors (Lipinski definition) is 5. The molecule has 0 bridgehead atoms. The quantitative estimate of drug-likeness (QED) is 0.0432. The Kier molecular flexibility index (Phi) is 24.8. The number of hydrogen-bond acceptors (Lipinski definition) is 15. The molecule has 0 spiro atoms. The molecule has 0 radical (unpaired) electrons. The number of carbonyl (C=O) groups excluding carboxylic acids is 2. The van der Waals surface area contributed by atoms with E-state index in [0.717, 1.165) is 38.4 Å². The number of amides is 1. The summed E-state index contributed by atoms with van der Waals surface area (Å²) in [6, 6.07) is 29.6. The van der Waals surface area contributed by atoms with E-state index in [4.69, 9.17) is 28.4 Å². The number of ether oxygens (including phenoxy) is 6. The van der Waals surface area contributed by atoms with E-state index in [9.17, 15) is 35.1 Å². The number of unbranched alkanes of at least 4 members (excludes halogenated alkanes) is 4. The van der Waals surface area contributed by atoms with Gasteiger partial charge in [-0.05, 0) is 151 Å². The van der Waals surface area contributed by atoms with Crippen molar-refractivity contribution in [3.63, 3.8) is 0 Å². The van der Waals surface area contributed by atoms with Gasteiger partial charge in [-0.1, -0.05) is 88.2 Å². The average Bonchev–Trinajstić information content (AvgIpc) is 2.50. The molecule has 16 nitrogen and oxygen atoms in total. The summed E-state index contributed by atoms with van der Waals surface area (Å²) in [5, 5.41) is 65.0. The van der Waals surface area contributed by atoms with Crippen molar-refractivity contribution in [2.45, 2.75) is 230 Å². The van der Waals surface area contributed by atoms with Crippen molar-refractivity contribution in [1.29, 1.82) is 0 Å². The molecule has 17 heteroatoms. The molecule has 3 aromatic carbocycles. The minimum Gasteiger partial charge on any atom is -0.459 e. The molecule has 0 saturated carbocycles. The SMILES string of the molecule is CC[C@H]1OC(=O)[C@H](C)[C@@H](O[C@H]2C[C@@](C)(OC)[C@@H](O)[C@H](C)O2)[C@H](C)[C@@H](O[C@@H]2O[C@H](C)C[C@H](N(C)C)[C@H]2O)[C@](C)(O)C[C@@H](C)CN(C(=O)CCCCCCC[P+](c2ccccc2)(c2ccccc2)c2ccccc2CN(C)C)[C@H](C)[C@@H](O)[C@]1(C)O. The number of rotatable bonds is 20. The van der Waals surface area contributed by atoms with Gasteiger partial charge in [0.2, 0.25) is 5.91 Å². The first-order valence-electron chi connectivity index (χ1n) is 30.7. The third-order valence-electron chi connectivity index (χ3n) is 18.4. The van der Waals surface area contributed by atoms with Crippen molar-refractivity contribution >= 4 is 35.1 Å². The lowest BCUT2D eigenvalue weighted by Gasteiger charge is -2.48. The maximum atomic E-state index is 14.8. The second kappa shape index (κ2) is 30.0. The lowest BCUT2D eigenvalue weighted by atomic mass is 9.77. The van der Waals surface area contributed by atoms with E-state index in [1.807, 2.05) is 32.8 Å². The zero-order chi connectivity index (χ0) is 61.2. The number of nitrogens with zero attached hydrogens (tertiary/aromatic N) is 3. The Hall–Kier alpha value is -3.45. The van der Waals surface area contributed by atoms with Gasteiger partial charge >= 0.3 is 5.97 Å². The summed E-state index contributed by atoms with van der Waals surface area (Å²) in [5.41, 5.74) is -3.50. The van der Waals surface area contributed by atoms with Crippen molar-refractivity contribution in [3.05, 3.63) is 90.5 Å². The fourth-order valence-corrected chi connectivity index (χ4v) is 18.3. The summed E-state index contributed by atoms with van der Waals surface area (Å²) in [6.07, 6.45) is -4.13. The highest BCUT2D eigenvalue weighted by Crippen LogP contribution is 2.57. The Morgan fingerprint density at radius 2 is 1.36 bits per heavy atom. The minimum atomic E-state index is -2.09. The van der Waals surface area contributed by atoms with E-state index in [-0.39, 0.29) is 50.3 Å². The molecule has 3 saturated heterocycles. The second-order valence-corrected chi connectivity index (χ2v) is 29.4. The van der Waals surface area contributed by atoms with Gasteiger partial charge in [-0.3, -0.25) is 9.59 Å². The molecule has 1 amide bonds. The molecular weight excluding hydrogens is 1070 g/mol. The first-order valence-corrected chi connectivity index (χ1v) is 32.7. The number of aliphatic hydroxyl groups excluding tert-OH is 3. The molecule has 3 heterocycles. The predicted octanol–water partition coefficient (Wildman–Crippen LogP) is 7.19. The van der Waals surface area contributed by atoms with E-state index >= 15 is 0 Å². The number of likely N-dealkylation sites (N-methyl/N-ethyl adjacent to an activating group) is 1. The molecule has 3 aliphatic rings. The zero-order valence-corrected chi connectivity index (χ0v) is 53.6. The van der Waals surface area contributed by atoms with Crippen LogP contribution in [0, 0.1) is 17.8 Å². The second-order valence-electron chi connectivity index (χ2n) is 25.9. The Balaban J connectivity index is 1.27. The number of benzene rings is 3. The number of cyclic esters (lactones) is 1. The van der Waals surface area contributed by atoms with Crippen molar-refractivity contribution < 1.29 is 63.5 Å². The molecule has 18 atom stereocenters. The van der Waals surface area contributed by atoms with Gasteiger partial charge in [0.1, 0.15) is 53.2 Å². The molecule has 3 aliphatic heterocycles. The van der Waals surface area contributed by atoms with E-state index < -0.39 is 109 Å². The highest BCUT2D eigenvalue weighted by Gasteiger charge is 2.54. The molecule has 0 unspecified atom stereocenters. The number of methoxy groups -OCH3 is 1. The van der Waals surface area contributed by atoms with Crippen LogP contribution < -0.4 is 15.9 Å². The van der Waals surface area contributed by atoms with Crippen molar-refractivity contribution in [1.82, 2.24) is 14.7 Å². The van der Waals surface area contributed by atoms with E-state index in [2.05, 4.69) is 104 Å². The summed E-state index contributed by atoms with van der Waals surface area (Å²) < 4.78 is 38.4. The normalized spacial score (nSPS) is 35.4. The van der Waals surface area contributed by atoms with Crippen LogP contribution in [-0.4, -0.2) is 190 Å². The van der Waals surface area contributed by atoms with Crippen LogP contribution in [0.25, 0.3) is 0 Å². The highest BCUT2D eigenvalue weighted by atomic mass is 31.2. The first kappa shape index (κ1) is 68.7. The third-order valence-corrected chi connectivity index (χ3v) is 23.0. The Morgan fingerprint density at radius 3 is 1.95 bits per heavy atom. The molecule has 5 N–H and O–H groups in total. The summed E-state index contributed by atoms with van der Waals surface area (Å²) in [7, 11) is 7.41. The van der Waals surface area contributed by atoms with Gasteiger partial charge in [0.05, 0.1) is 53.7 Å². The van der Waals surface area contributed by atoms with Crippen LogP contribution >= 0.6 is 7.26 Å². The number of esters is 1. The maximum absolute atomic E-state index is 14.8. The third kappa shape index (κ3) is 16.4. The maximum Gasteiger partial charge on any atom is 0.311 e. The summed E-state index contributed by atoms with van der Waals surface area (Å²) in [6.45, 7) is 18.3. The predicted molar refractivity (Wildman–Crippen MR) is 328 cm³/mol. The van der Waals surface area contributed by atoms with Gasteiger partial charge in [0.15, 0.2) is 12.6 Å². The van der Waals surface area contributed by atoms with E-state index in [0.29, 0.717) is 12.8 Å². The Bertz CT molecular complexity index is 2430. The van der Waals surface area contributed by atoms with Gasteiger partial charge in [0.25, 0.3) is 0 Å². The first-order chi connectivity index (χ1) is 39.1. The van der Waals surface area contributed by atoms with Gasteiger partial charge in [-0.15, -0.1) is 0 Å².